The van der Waals surface area contributed by atoms with Crippen molar-refractivity contribution in [1.29, 1.82) is 0 Å². The minimum atomic E-state index is -0.528. The van der Waals surface area contributed by atoms with Crippen molar-refractivity contribution in [3.05, 3.63) is 0 Å². The Labute approximate surface area is 150 Å². The molecule has 2 rings (SSSR count). The van der Waals surface area contributed by atoms with Gasteiger partial charge in [0.15, 0.2) is 5.78 Å². The molecule has 6 heteroatoms. The molecule has 6 nitrogen and oxygen atoms in total. The summed E-state index contributed by atoms with van der Waals surface area (Å²) in [7, 11) is 0. The zero-order valence-electron chi connectivity index (χ0n) is 15.4. The minimum absolute atomic E-state index is 0.0663. The second-order valence-electron chi connectivity index (χ2n) is 7.22. The van der Waals surface area contributed by atoms with Crippen molar-refractivity contribution < 1.29 is 19.5 Å². The van der Waals surface area contributed by atoms with Crippen molar-refractivity contribution in [2.75, 3.05) is 19.7 Å². The molecule has 0 radical (unpaired) electrons. The highest BCUT2D eigenvalue weighted by atomic mass is 16.3. The number of rotatable bonds is 9. The number of aliphatic hydroxyl groups is 1. The molecule has 2 unspecified atom stereocenters. The van der Waals surface area contributed by atoms with Crippen LogP contribution < -0.4 is 0 Å². The maximum absolute atomic E-state index is 12.9. The maximum Gasteiger partial charge on any atom is 0.245 e. The number of unbranched alkanes of at least 4 members (excludes halogenated alkanes) is 4. The van der Waals surface area contributed by atoms with E-state index in [-0.39, 0.29) is 17.6 Å². The molecule has 25 heavy (non-hydrogen) atoms. The average Bonchev–Trinajstić information content (AvgIpc) is 3.29. The molecule has 2 heterocycles. The zero-order valence-corrected chi connectivity index (χ0v) is 15.4. The quantitative estimate of drug-likeness (QED) is 0.643. The predicted octanol–water partition coefficient (Wildman–Crippen LogP) is 1.89. The summed E-state index contributed by atoms with van der Waals surface area (Å²) in [4.78, 5) is 40.6. The molecule has 1 N–H and O–H groups in total. The van der Waals surface area contributed by atoms with Crippen molar-refractivity contribution in [3.63, 3.8) is 0 Å². The lowest BCUT2D eigenvalue weighted by molar-refractivity contribution is -0.146. The molecule has 0 bridgehead atoms. The number of nitrogens with zero attached hydrogens (tertiary/aromatic N) is 2. The lowest BCUT2D eigenvalue weighted by atomic mass is 10.1. The number of likely N-dealkylation sites (tertiary alicyclic amines) is 2. The SMILES string of the molecule is CCCCCCCC(=O)N1CCCC1C(=O)N1CCCC1C(=O)CO. The summed E-state index contributed by atoms with van der Waals surface area (Å²) >= 11 is 0. The van der Waals surface area contributed by atoms with Crippen LogP contribution in [0.15, 0.2) is 0 Å². The Bertz CT molecular complexity index is 480. The number of amides is 2. The molecular weight excluding hydrogens is 320 g/mol. The molecule has 2 atom stereocenters. The maximum atomic E-state index is 12.9. The number of carbonyl (C=O) groups excluding carboxylic acids is 3. The molecule has 0 aromatic carbocycles. The number of carbonyl (C=O) groups is 3. The second-order valence-corrected chi connectivity index (χ2v) is 7.22. The van der Waals surface area contributed by atoms with Gasteiger partial charge in [-0.3, -0.25) is 14.4 Å². The van der Waals surface area contributed by atoms with Crippen LogP contribution >= 0.6 is 0 Å². The third kappa shape index (κ3) is 5.03. The molecular formula is C19H32N2O4. The largest absolute Gasteiger partial charge is 0.389 e. The summed E-state index contributed by atoms with van der Waals surface area (Å²) in [6.07, 6.45) is 8.90. The van der Waals surface area contributed by atoms with Crippen LogP contribution in [-0.4, -0.2) is 64.3 Å². The normalized spacial score (nSPS) is 23.3. The molecule has 2 aliphatic rings. The van der Waals surface area contributed by atoms with Crippen molar-refractivity contribution >= 4 is 17.6 Å². The van der Waals surface area contributed by atoms with Gasteiger partial charge in [0, 0.05) is 19.5 Å². The predicted molar refractivity (Wildman–Crippen MR) is 94.9 cm³/mol. The van der Waals surface area contributed by atoms with Gasteiger partial charge in [-0.2, -0.15) is 0 Å². The standard InChI is InChI=1S/C19H32N2O4/c1-2-3-4-5-6-11-18(24)20-12-8-10-16(20)19(25)21-13-7-9-15(21)17(23)14-22/h15-16,22H,2-14H2,1H3. The van der Waals surface area contributed by atoms with Crippen molar-refractivity contribution in [3.8, 4) is 0 Å². The van der Waals surface area contributed by atoms with E-state index in [9.17, 15) is 14.4 Å². The first-order chi connectivity index (χ1) is 12.1. The fraction of sp³-hybridized carbons (Fsp3) is 0.842. The summed E-state index contributed by atoms with van der Waals surface area (Å²) < 4.78 is 0. The molecule has 0 aromatic rings. The average molecular weight is 352 g/mol. The van der Waals surface area contributed by atoms with Crippen LogP contribution in [0, 0.1) is 0 Å². The Hall–Kier alpha value is -1.43. The number of aliphatic hydroxyl groups excluding tert-OH is 1. The van der Waals surface area contributed by atoms with Crippen LogP contribution in [0.2, 0.25) is 0 Å². The van der Waals surface area contributed by atoms with E-state index >= 15 is 0 Å². The smallest absolute Gasteiger partial charge is 0.245 e. The molecule has 2 fully saturated rings. The Morgan fingerprint density at radius 2 is 1.56 bits per heavy atom. The topological polar surface area (TPSA) is 77.9 Å². The van der Waals surface area contributed by atoms with E-state index in [4.69, 9.17) is 5.11 Å². The third-order valence-corrected chi connectivity index (χ3v) is 5.42. The van der Waals surface area contributed by atoms with Crippen LogP contribution in [-0.2, 0) is 14.4 Å². The van der Waals surface area contributed by atoms with Crippen molar-refractivity contribution in [2.45, 2.75) is 83.2 Å². The summed E-state index contributed by atoms with van der Waals surface area (Å²) in [6.45, 7) is 2.82. The first-order valence-electron chi connectivity index (χ1n) is 9.83. The van der Waals surface area contributed by atoms with Crippen LogP contribution in [0.1, 0.15) is 71.1 Å². The summed E-state index contributed by atoms with van der Waals surface area (Å²) in [5.74, 6) is -0.338. The van der Waals surface area contributed by atoms with Crippen LogP contribution in [0.25, 0.3) is 0 Å². The van der Waals surface area contributed by atoms with E-state index in [2.05, 4.69) is 6.92 Å². The lowest BCUT2D eigenvalue weighted by Crippen LogP contribution is -2.51. The third-order valence-electron chi connectivity index (χ3n) is 5.42. The first-order valence-corrected chi connectivity index (χ1v) is 9.83. The molecule has 142 valence electrons. The van der Waals surface area contributed by atoms with Crippen LogP contribution in [0.4, 0.5) is 0 Å². The Kier molecular flexibility index (Phi) is 7.88. The summed E-state index contributed by atoms with van der Waals surface area (Å²) in [5, 5.41) is 9.11. The van der Waals surface area contributed by atoms with E-state index in [1.165, 1.54) is 12.8 Å². The van der Waals surface area contributed by atoms with Gasteiger partial charge in [0.1, 0.15) is 12.6 Å². The molecule has 0 saturated carbocycles. The summed E-state index contributed by atoms with van der Waals surface area (Å²) in [6, 6.07) is -0.931. The van der Waals surface area contributed by atoms with Crippen LogP contribution in [0.5, 0.6) is 0 Å². The van der Waals surface area contributed by atoms with Gasteiger partial charge in [-0.25, -0.2) is 0 Å². The molecule has 2 aliphatic heterocycles. The van der Waals surface area contributed by atoms with Gasteiger partial charge in [-0.05, 0) is 32.1 Å². The number of Topliss-reactive ketones (excluding diaryl/α,β-unsaturated/α-hetero) is 1. The summed E-state index contributed by atoms with van der Waals surface area (Å²) in [5.41, 5.74) is 0. The van der Waals surface area contributed by atoms with Gasteiger partial charge in [0.05, 0.1) is 6.04 Å². The van der Waals surface area contributed by atoms with Crippen LogP contribution in [0.3, 0.4) is 0 Å². The van der Waals surface area contributed by atoms with E-state index < -0.39 is 18.7 Å². The lowest BCUT2D eigenvalue weighted by Gasteiger charge is -2.30. The van der Waals surface area contributed by atoms with Crippen molar-refractivity contribution in [1.82, 2.24) is 9.80 Å². The Morgan fingerprint density at radius 3 is 2.24 bits per heavy atom. The molecule has 2 saturated heterocycles. The highest BCUT2D eigenvalue weighted by Gasteiger charge is 2.41. The van der Waals surface area contributed by atoms with E-state index in [1.54, 1.807) is 9.80 Å². The molecule has 0 aromatic heterocycles. The molecule has 2 amide bonds. The molecule has 0 spiro atoms. The highest BCUT2D eigenvalue weighted by molar-refractivity contribution is 5.94. The molecule has 0 aliphatic carbocycles. The van der Waals surface area contributed by atoms with Gasteiger partial charge in [-0.15, -0.1) is 0 Å². The Morgan fingerprint density at radius 1 is 0.920 bits per heavy atom. The van der Waals surface area contributed by atoms with Crippen molar-refractivity contribution in [2.24, 2.45) is 0 Å². The minimum Gasteiger partial charge on any atom is -0.389 e. The monoisotopic (exact) mass is 352 g/mol. The second kappa shape index (κ2) is 9.90. The number of hydrogen-bond acceptors (Lipinski definition) is 4. The van der Waals surface area contributed by atoms with Gasteiger partial charge in [-0.1, -0.05) is 32.6 Å². The van der Waals surface area contributed by atoms with E-state index in [0.717, 1.165) is 32.1 Å². The number of hydrogen-bond donors (Lipinski definition) is 1. The van der Waals surface area contributed by atoms with Gasteiger partial charge in [0.25, 0.3) is 0 Å². The fourth-order valence-corrected chi connectivity index (χ4v) is 4.01. The van der Waals surface area contributed by atoms with E-state index in [0.29, 0.717) is 32.4 Å². The Balaban J connectivity index is 1.90. The van der Waals surface area contributed by atoms with Gasteiger partial charge in [0.2, 0.25) is 11.8 Å². The highest BCUT2D eigenvalue weighted by Crippen LogP contribution is 2.26. The van der Waals surface area contributed by atoms with Gasteiger partial charge < -0.3 is 14.9 Å². The number of ketones is 1. The zero-order chi connectivity index (χ0) is 18.2. The van der Waals surface area contributed by atoms with E-state index in [1.807, 2.05) is 0 Å². The van der Waals surface area contributed by atoms with Gasteiger partial charge >= 0.3 is 0 Å². The first kappa shape index (κ1) is 19.9. The fourth-order valence-electron chi connectivity index (χ4n) is 4.01.